The fourth-order valence-electron chi connectivity index (χ4n) is 2.43. The van der Waals surface area contributed by atoms with Crippen LogP contribution in [-0.2, 0) is 0 Å². The van der Waals surface area contributed by atoms with Gasteiger partial charge in [0.15, 0.2) is 0 Å². The molecule has 0 bridgehead atoms. The maximum absolute atomic E-state index is 5.99. The summed E-state index contributed by atoms with van der Waals surface area (Å²) in [5.74, 6) is 1.56. The van der Waals surface area contributed by atoms with Gasteiger partial charge in [-0.25, -0.2) is 0 Å². The van der Waals surface area contributed by atoms with E-state index < -0.39 is 0 Å². The van der Waals surface area contributed by atoms with Gasteiger partial charge in [-0.2, -0.15) is 0 Å². The predicted octanol–water partition coefficient (Wildman–Crippen LogP) is 5.29. The van der Waals surface area contributed by atoms with Gasteiger partial charge in [0.2, 0.25) is 0 Å². The molecule has 0 amide bonds. The second-order valence-electron chi connectivity index (χ2n) is 6.29. The third kappa shape index (κ3) is 3.50. The van der Waals surface area contributed by atoms with Crippen LogP contribution in [0.25, 0.3) is 10.8 Å². The number of hydrogen-bond donors (Lipinski definition) is 0. The Kier molecular flexibility index (Phi) is 4.14. The summed E-state index contributed by atoms with van der Waals surface area (Å²) in [7, 11) is 0. The molecule has 0 aliphatic rings. The summed E-state index contributed by atoms with van der Waals surface area (Å²) >= 11 is 0. The van der Waals surface area contributed by atoms with Crippen molar-refractivity contribution in [1.82, 2.24) is 0 Å². The number of hydrogen-bond acceptors (Lipinski definition) is 1. The maximum Gasteiger partial charge on any atom is 0.119 e. The van der Waals surface area contributed by atoms with Crippen LogP contribution in [0.5, 0.6) is 5.75 Å². The Morgan fingerprint density at radius 1 is 1.00 bits per heavy atom. The van der Waals surface area contributed by atoms with Crippen LogP contribution in [0, 0.1) is 11.3 Å². The van der Waals surface area contributed by atoms with E-state index >= 15 is 0 Å². The van der Waals surface area contributed by atoms with Crippen LogP contribution in [-0.4, -0.2) is 6.61 Å². The van der Waals surface area contributed by atoms with Gasteiger partial charge in [-0.05, 0) is 40.7 Å². The lowest BCUT2D eigenvalue weighted by atomic mass is 9.80. The first kappa shape index (κ1) is 13.9. The van der Waals surface area contributed by atoms with Gasteiger partial charge in [-0.3, -0.25) is 0 Å². The second kappa shape index (κ2) is 5.64. The summed E-state index contributed by atoms with van der Waals surface area (Å²) in [5, 5.41) is 2.50. The predicted molar refractivity (Wildman–Crippen MR) is 82.7 cm³/mol. The van der Waals surface area contributed by atoms with Gasteiger partial charge >= 0.3 is 0 Å². The fourth-order valence-corrected chi connectivity index (χ4v) is 2.43. The lowest BCUT2D eigenvalue weighted by Crippen LogP contribution is -2.25. The largest absolute Gasteiger partial charge is 0.493 e. The minimum atomic E-state index is 0.297. The monoisotopic (exact) mass is 256 g/mol. The molecule has 102 valence electrons. The molecular formula is C18H24O. The van der Waals surface area contributed by atoms with Crippen LogP contribution in [0.15, 0.2) is 42.5 Å². The van der Waals surface area contributed by atoms with E-state index in [9.17, 15) is 0 Å². The van der Waals surface area contributed by atoms with E-state index in [-0.39, 0.29) is 0 Å². The van der Waals surface area contributed by atoms with Crippen molar-refractivity contribution in [3.05, 3.63) is 42.5 Å². The first-order chi connectivity index (χ1) is 9.00. The molecule has 0 saturated carbocycles. The summed E-state index contributed by atoms with van der Waals surface area (Å²) in [6.45, 7) is 9.87. The molecule has 0 radical (unpaired) electrons. The van der Waals surface area contributed by atoms with Crippen molar-refractivity contribution < 1.29 is 4.74 Å². The zero-order valence-electron chi connectivity index (χ0n) is 12.4. The quantitative estimate of drug-likeness (QED) is 0.722. The molecule has 0 aliphatic carbocycles. The Morgan fingerprint density at radius 2 is 1.68 bits per heavy atom. The molecule has 0 heterocycles. The zero-order chi connectivity index (χ0) is 13.9. The highest BCUT2D eigenvalue weighted by Gasteiger charge is 2.23. The third-order valence-corrected chi connectivity index (χ3v) is 3.89. The van der Waals surface area contributed by atoms with Gasteiger partial charge < -0.3 is 4.74 Å². The SMILES string of the molecule is CCC(COc1ccc2ccccc2c1)C(C)(C)C. The van der Waals surface area contributed by atoms with Crippen molar-refractivity contribution in [2.24, 2.45) is 11.3 Å². The van der Waals surface area contributed by atoms with E-state index in [4.69, 9.17) is 4.74 Å². The number of ether oxygens (including phenoxy) is 1. The summed E-state index contributed by atoms with van der Waals surface area (Å²) in [4.78, 5) is 0. The lowest BCUT2D eigenvalue weighted by molar-refractivity contribution is 0.142. The molecule has 1 atom stereocenters. The minimum Gasteiger partial charge on any atom is -0.493 e. The smallest absolute Gasteiger partial charge is 0.119 e. The Hall–Kier alpha value is -1.50. The Balaban J connectivity index is 2.09. The molecule has 0 fully saturated rings. The van der Waals surface area contributed by atoms with Crippen molar-refractivity contribution in [2.75, 3.05) is 6.61 Å². The third-order valence-electron chi connectivity index (χ3n) is 3.89. The topological polar surface area (TPSA) is 9.23 Å². The van der Waals surface area contributed by atoms with Crippen LogP contribution in [0.4, 0.5) is 0 Å². The normalized spacial score (nSPS) is 13.5. The molecule has 0 aliphatic heterocycles. The summed E-state index contributed by atoms with van der Waals surface area (Å²) in [6.07, 6.45) is 1.15. The molecule has 1 heteroatoms. The van der Waals surface area contributed by atoms with E-state index in [1.54, 1.807) is 0 Å². The van der Waals surface area contributed by atoms with Crippen LogP contribution >= 0.6 is 0 Å². The summed E-state index contributed by atoms with van der Waals surface area (Å²) in [6, 6.07) is 14.7. The van der Waals surface area contributed by atoms with Gasteiger partial charge in [0.25, 0.3) is 0 Å². The number of benzene rings is 2. The number of fused-ring (bicyclic) bond motifs is 1. The van der Waals surface area contributed by atoms with Crippen LogP contribution in [0.3, 0.4) is 0 Å². The molecule has 0 saturated heterocycles. The van der Waals surface area contributed by atoms with Gasteiger partial charge in [-0.15, -0.1) is 0 Å². The molecular weight excluding hydrogens is 232 g/mol. The van der Waals surface area contributed by atoms with Gasteiger partial charge in [0, 0.05) is 0 Å². The average molecular weight is 256 g/mol. The van der Waals surface area contributed by atoms with E-state index in [2.05, 4.69) is 70.2 Å². The molecule has 0 spiro atoms. The van der Waals surface area contributed by atoms with Gasteiger partial charge in [0.05, 0.1) is 6.61 Å². The van der Waals surface area contributed by atoms with Crippen molar-refractivity contribution in [3.63, 3.8) is 0 Å². The van der Waals surface area contributed by atoms with Crippen molar-refractivity contribution >= 4 is 10.8 Å². The maximum atomic E-state index is 5.99. The Labute approximate surface area is 116 Å². The highest BCUT2D eigenvalue weighted by molar-refractivity contribution is 5.83. The summed E-state index contributed by atoms with van der Waals surface area (Å²) < 4.78 is 5.99. The Bertz CT molecular complexity index is 537. The van der Waals surface area contributed by atoms with Crippen molar-refractivity contribution in [1.29, 1.82) is 0 Å². The first-order valence-corrected chi connectivity index (χ1v) is 7.12. The standard InChI is InChI=1S/C18H24O/c1-5-16(18(2,3)4)13-19-17-11-10-14-8-6-7-9-15(14)12-17/h6-12,16H,5,13H2,1-4H3. The van der Waals surface area contributed by atoms with Crippen LogP contribution < -0.4 is 4.74 Å². The van der Waals surface area contributed by atoms with E-state index in [0.717, 1.165) is 18.8 Å². The highest BCUT2D eigenvalue weighted by atomic mass is 16.5. The van der Waals surface area contributed by atoms with Gasteiger partial charge in [0.1, 0.15) is 5.75 Å². The van der Waals surface area contributed by atoms with Crippen molar-refractivity contribution in [3.8, 4) is 5.75 Å². The molecule has 2 rings (SSSR count). The molecule has 2 aromatic rings. The molecule has 1 unspecified atom stereocenters. The highest BCUT2D eigenvalue weighted by Crippen LogP contribution is 2.29. The van der Waals surface area contributed by atoms with Crippen LogP contribution in [0.1, 0.15) is 34.1 Å². The van der Waals surface area contributed by atoms with E-state index in [0.29, 0.717) is 11.3 Å². The van der Waals surface area contributed by atoms with Gasteiger partial charge in [-0.1, -0.05) is 58.0 Å². The van der Waals surface area contributed by atoms with Crippen molar-refractivity contribution in [2.45, 2.75) is 34.1 Å². The molecule has 2 aromatic carbocycles. The first-order valence-electron chi connectivity index (χ1n) is 7.12. The Morgan fingerprint density at radius 3 is 2.32 bits per heavy atom. The lowest BCUT2D eigenvalue weighted by Gasteiger charge is -2.29. The zero-order valence-corrected chi connectivity index (χ0v) is 12.4. The molecule has 1 nitrogen and oxygen atoms in total. The summed E-state index contributed by atoms with van der Waals surface area (Å²) in [5.41, 5.74) is 0.297. The van der Waals surface area contributed by atoms with Crippen LogP contribution in [0.2, 0.25) is 0 Å². The fraction of sp³-hybridized carbons (Fsp3) is 0.444. The molecule has 0 N–H and O–H groups in total. The second-order valence-corrected chi connectivity index (χ2v) is 6.29. The van der Waals surface area contributed by atoms with E-state index in [1.165, 1.54) is 10.8 Å². The molecule has 19 heavy (non-hydrogen) atoms. The van der Waals surface area contributed by atoms with E-state index in [1.807, 2.05) is 0 Å². The molecule has 0 aromatic heterocycles. The average Bonchev–Trinajstić information content (AvgIpc) is 2.37. The minimum absolute atomic E-state index is 0.297. The number of rotatable bonds is 4.